The molecule has 1 aromatic heterocycles. The molecule has 0 bridgehead atoms. The Balaban J connectivity index is 1.65. The lowest BCUT2D eigenvalue weighted by Crippen LogP contribution is -2.34. The molecular formula is C27H29F3N4O3. The number of alkyl halides is 3. The monoisotopic (exact) mass is 514 g/mol. The number of nitrogens with zero attached hydrogens (tertiary/aromatic N) is 2. The van der Waals surface area contributed by atoms with Gasteiger partial charge in [0.25, 0.3) is 0 Å². The van der Waals surface area contributed by atoms with Crippen LogP contribution in [-0.4, -0.2) is 36.8 Å². The molecule has 0 spiro atoms. The number of ether oxygens (including phenoxy) is 1. The summed E-state index contributed by atoms with van der Waals surface area (Å²) in [7, 11) is 3.27. The Morgan fingerprint density at radius 2 is 1.76 bits per heavy atom. The van der Waals surface area contributed by atoms with Gasteiger partial charge in [-0.25, -0.2) is 9.59 Å². The second-order valence-corrected chi connectivity index (χ2v) is 9.02. The zero-order chi connectivity index (χ0) is 26.6. The molecule has 0 atom stereocenters. The van der Waals surface area contributed by atoms with Crippen LogP contribution in [0.3, 0.4) is 0 Å². The average Bonchev–Trinajstić information content (AvgIpc) is 3.38. The van der Waals surface area contributed by atoms with Gasteiger partial charge < -0.3 is 24.8 Å². The number of aromatic nitrogens is 1. The minimum atomic E-state index is -4.52. The highest BCUT2D eigenvalue weighted by Gasteiger charge is 2.30. The van der Waals surface area contributed by atoms with Crippen molar-refractivity contribution < 1.29 is 27.5 Å². The Kier molecular flexibility index (Phi) is 7.75. The summed E-state index contributed by atoms with van der Waals surface area (Å²) in [6.07, 6.45) is 2.68. The lowest BCUT2D eigenvalue weighted by atomic mass is 9.94. The van der Waals surface area contributed by atoms with E-state index in [0.29, 0.717) is 23.1 Å². The van der Waals surface area contributed by atoms with Gasteiger partial charge in [0.2, 0.25) is 0 Å². The fourth-order valence-electron chi connectivity index (χ4n) is 4.68. The number of benzene rings is 2. The number of nitrogens with one attached hydrogen (secondary N) is 2. The standard InChI is InChI=1S/C27H29F3N4O3/c1-33(20-10-4-3-5-11-20)23-14-13-21(34-15-7-12-24(34)25(35)37-2)17-22(23)32-26(36)31-19-9-6-8-18(16-19)27(28,29)30/h6-9,12-17,20H,3-5,10-11H2,1-2H3,(H2,31,32,36). The van der Waals surface area contributed by atoms with Crippen LogP contribution >= 0.6 is 0 Å². The number of hydrogen-bond donors (Lipinski definition) is 2. The van der Waals surface area contributed by atoms with Crippen LogP contribution in [0.5, 0.6) is 0 Å². The zero-order valence-electron chi connectivity index (χ0n) is 20.6. The quantitative estimate of drug-likeness (QED) is 0.359. The molecular weight excluding hydrogens is 485 g/mol. The molecule has 0 unspecified atom stereocenters. The molecule has 1 aliphatic carbocycles. The van der Waals surface area contributed by atoms with Gasteiger partial charge >= 0.3 is 18.2 Å². The number of amides is 2. The summed E-state index contributed by atoms with van der Waals surface area (Å²) < 4.78 is 45.8. The van der Waals surface area contributed by atoms with E-state index in [1.807, 2.05) is 19.2 Å². The predicted molar refractivity (Wildman–Crippen MR) is 136 cm³/mol. The van der Waals surface area contributed by atoms with Crippen molar-refractivity contribution in [2.75, 3.05) is 29.7 Å². The molecule has 0 radical (unpaired) electrons. The van der Waals surface area contributed by atoms with Crippen LogP contribution in [0.1, 0.15) is 48.2 Å². The van der Waals surface area contributed by atoms with Gasteiger partial charge in [-0.05, 0) is 61.4 Å². The van der Waals surface area contributed by atoms with Crippen LogP contribution in [0, 0.1) is 0 Å². The topological polar surface area (TPSA) is 75.6 Å². The molecule has 2 aromatic carbocycles. The van der Waals surface area contributed by atoms with Crippen molar-refractivity contribution in [3.05, 3.63) is 72.1 Å². The molecule has 1 saturated carbocycles. The second-order valence-electron chi connectivity index (χ2n) is 9.02. The maximum atomic E-state index is 13.1. The van der Waals surface area contributed by atoms with Crippen molar-refractivity contribution in [1.29, 1.82) is 0 Å². The first kappa shape index (κ1) is 26.1. The summed E-state index contributed by atoms with van der Waals surface area (Å²) >= 11 is 0. The first-order chi connectivity index (χ1) is 17.7. The molecule has 1 heterocycles. The fourth-order valence-corrected chi connectivity index (χ4v) is 4.68. The molecule has 1 aliphatic rings. The van der Waals surface area contributed by atoms with Crippen LogP contribution in [0.2, 0.25) is 0 Å². The van der Waals surface area contributed by atoms with Crippen LogP contribution in [-0.2, 0) is 10.9 Å². The fraction of sp³-hybridized carbons (Fsp3) is 0.333. The number of carbonyl (C=O) groups is 2. The molecule has 10 heteroatoms. The van der Waals surface area contributed by atoms with E-state index in [0.717, 1.165) is 43.5 Å². The number of carbonyl (C=O) groups excluding carboxylic acids is 2. The maximum Gasteiger partial charge on any atom is 0.416 e. The molecule has 196 valence electrons. The molecule has 3 aromatic rings. The largest absolute Gasteiger partial charge is 0.464 e. The summed E-state index contributed by atoms with van der Waals surface area (Å²) in [4.78, 5) is 27.2. The Hall–Kier alpha value is -3.95. The van der Waals surface area contributed by atoms with Crippen LogP contribution < -0.4 is 15.5 Å². The summed E-state index contributed by atoms with van der Waals surface area (Å²) in [5, 5.41) is 5.29. The van der Waals surface area contributed by atoms with E-state index >= 15 is 0 Å². The number of anilines is 3. The number of hydrogen-bond acceptors (Lipinski definition) is 4. The maximum absolute atomic E-state index is 13.1. The van der Waals surface area contributed by atoms with Crippen molar-refractivity contribution in [3.63, 3.8) is 0 Å². The van der Waals surface area contributed by atoms with Gasteiger partial charge in [0, 0.05) is 30.7 Å². The van der Waals surface area contributed by atoms with E-state index < -0.39 is 23.7 Å². The average molecular weight is 515 g/mol. The second kappa shape index (κ2) is 11.0. The van der Waals surface area contributed by atoms with E-state index in [2.05, 4.69) is 15.5 Å². The highest BCUT2D eigenvalue weighted by Crippen LogP contribution is 2.34. The highest BCUT2D eigenvalue weighted by atomic mass is 19.4. The predicted octanol–water partition coefficient (Wildman–Crippen LogP) is 6.70. The number of halogens is 3. The van der Waals surface area contributed by atoms with Gasteiger partial charge in [-0.15, -0.1) is 0 Å². The molecule has 0 aliphatic heterocycles. The Bertz CT molecular complexity index is 1270. The Morgan fingerprint density at radius 3 is 2.46 bits per heavy atom. The van der Waals surface area contributed by atoms with E-state index in [-0.39, 0.29) is 5.69 Å². The molecule has 4 rings (SSSR count). The van der Waals surface area contributed by atoms with Crippen molar-refractivity contribution in [3.8, 4) is 5.69 Å². The van der Waals surface area contributed by atoms with Gasteiger partial charge in [-0.2, -0.15) is 13.2 Å². The zero-order valence-corrected chi connectivity index (χ0v) is 20.6. The van der Waals surface area contributed by atoms with Crippen LogP contribution in [0.25, 0.3) is 5.69 Å². The molecule has 0 saturated heterocycles. The molecule has 2 N–H and O–H groups in total. The van der Waals surface area contributed by atoms with Crippen molar-refractivity contribution in [2.45, 2.75) is 44.3 Å². The number of methoxy groups -OCH3 is 1. The van der Waals surface area contributed by atoms with Gasteiger partial charge in [-0.3, -0.25) is 0 Å². The van der Waals surface area contributed by atoms with Crippen molar-refractivity contribution in [2.24, 2.45) is 0 Å². The number of esters is 1. The number of urea groups is 1. The van der Waals surface area contributed by atoms with Crippen molar-refractivity contribution in [1.82, 2.24) is 4.57 Å². The normalized spacial score (nSPS) is 14.2. The molecule has 37 heavy (non-hydrogen) atoms. The SMILES string of the molecule is COC(=O)c1cccn1-c1ccc(N(C)C2CCCCC2)c(NC(=O)Nc2cccc(C(F)(F)F)c2)c1. The first-order valence-corrected chi connectivity index (χ1v) is 12.1. The molecule has 1 fully saturated rings. The van der Waals surface area contributed by atoms with Gasteiger partial charge in [-0.1, -0.05) is 25.3 Å². The third-order valence-electron chi connectivity index (χ3n) is 6.60. The third kappa shape index (κ3) is 6.07. The highest BCUT2D eigenvalue weighted by molar-refractivity contribution is 6.02. The van der Waals surface area contributed by atoms with E-state index in [1.165, 1.54) is 25.7 Å². The first-order valence-electron chi connectivity index (χ1n) is 12.1. The Morgan fingerprint density at radius 1 is 1.00 bits per heavy atom. The smallest absolute Gasteiger partial charge is 0.416 e. The van der Waals surface area contributed by atoms with Crippen LogP contribution in [0.15, 0.2) is 60.8 Å². The lowest BCUT2D eigenvalue weighted by Gasteiger charge is -2.34. The van der Waals surface area contributed by atoms with Gasteiger partial charge in [0.05, 0.1) is 24.0 Å². The summed E-state index contributed by atoms with van der Waals surface area (Å²) in [5.41, 5.74) is 1.31. The minimum absolute atomic E-state index is 0.0176. The van der Waals surface area contributed by atoms with Gasteiger partial charge in [0.15, 0.2) is 0 Å². The summed E-state index contributed by atoms with van der Waals surface area (Å²) in [6, 6.07) is 12.8. The Labute approximate surface area is 213 Å². The summed E-state index contributed by atoms with van der Waals surface area (Å²) in [5.74, 6) is -0.509. The summed E-state index contributed by atoms with van der Waals surface area (Å²) in [6.45, 7) is 0. The van der Waals surface area contributed by atoms with E-state index in [9.17, 15) is 22.8 Å². The van der Waals surface area contributed by atoms with Crippen LogP contribution in [0.4, 0.5) is 35.0 Å². The van der Waals surface area contributed by atoms with Gasteiger partial charge in [0.1, 0.15) is 5.69 Å². The molecule has 7 nitrogen and oxygen atoms in total. The third-order valence-corrected chi connectivity index (χ3v) is 6.60. The van der Waals surface area contributed by atoms with E-state index in [4.69, 9.17) is 4.74 Å². The molecule has 2 amide bonds. The number of rotatable bonds is 6. The minimum Gasteiger partial charge on any atom is -0.464 e. The lowest BCUT2D eigenvalue weighted by molar-refractivity contribution is -0.137. The van der Waals surface area contributed by atoms with Crippen molar-refractivity contribution >= 4 is 29.1 Å². The van der Waals surface area contributed by atoms with E-state index in [1.54, 1.807) is 29.0 Å².